The number of aliphatic hydroxyl groups is 1. The quantitative estimate of drug-likeness (QED) is 0.728. The van der Waals surface area contributed by atoms with E-state index in [0.29, 0.717) is 29.4 Å². The maximum Gasteiger partial charge on any atom is 0.284 e. The van der Waals surface area contributed by atoms with E-state index in [1.165, 1.54) is 18.4 Å². The second-order valence-electron chi connectivity index (χ2n) is 10.5. The first-order valence-corrected chi connectivity index (χ1v) is 10.8. The summed E-state index contributed by atoms with van der Waals surface area (Å²) in [6, 6.07) is 1.88. The fourth-order valence-electron chi connectivity index (χ4n) is 7.94. The van der Waals surface area contributed by atoms with Crippen molar-refractivity contribution in [3.8, 4) is 12.3 Å². The number of primary amides is 1. The molecule has 0 bridgehead atoms. The Morgan fingerprint density at radius 1 is 1.25 bits per heavy atom. The first-order chi connectivity index (χ1) is 13.2. The lowest BCUT2D eigenvalue weighted by molar-refractivity contribution is -0.128. The third kappa shape index (κ3) is 2.15. The molecule has 0 saturated heterocycles. The van der Waals surface area contributed by atoms with Crippen LogP contribution in [0.1, 0.15) is 74.3 Å². The molecule has 3 saturated carbocycles. The predicted octanol–water partition coefficient (Wildman–Crippen LogP) is 3.70. The van der Waals surface area contributed by atoms with Crippen molar-refractivity contribution in [3.63, 3.8) is 0 Å². The molecular formula is C24H31NO3. The lowest BCUT2D eigenvalue weighted by atomic mass is 9.44. The van der Waals surface area contributed by atoms with E-state index in [4.69, 9.17) is 16.6 Å². The summed E-state index contributed by atoms with van der Waals surface area (Å²) in [5.74, 6) is 5.93. The Kier molecular flexibility index (Phi) is 3.70. The van der Waals surface area contributed by atoms with Gasteiger partial charge < -0.3 is 15.3 Å². The predicted molar refractivity (Wildman–Crippen MR) is 106 cm³/mol. The molecule has 28 heavy (non-hydrogen) atoms. The number of fused-ring (bicyclic) bond motifs is 6. The van der Waals surface area contributed by atoms with Crippen LogP contribution in [0.3, 0.4) is 0 Å². The highest BCUT2D eigenvalue weighted by molar-refractivity contribution is 5.90. The molecule has 4 heteroatoms. The normalized spacial score (nSPS) is 46.6. The van der Waals surface area contributed by atoms with E-state index in [-0.39, 0.29) is 10.8 Å². The number of carbonyl (C=O) groups is 1. The van der Waals surface area contributed by atoms with Gasteiger partial charge in [0.1, 0.15) is 11.4 Å². The molecule has 4 nitrogen and oxygen atoms in total. The van der Waals surface area contributed by atoms with Crippen LogP contribution < -0.4 is 5.73 Å². The Hall–Kier alpha value is -1.73. The molecule has 150 valence electrons. The fourth-order valence-corrected chi connectivity index (χ4v) is 7.94. The largest absolute Gasteiger partial charge is 0.456 e. The third-order valence-electron chi connectivity index (χ3n) is 9.60. The average Bonchev–Trinajstić information content (AvgIpc) is 3.18. The van der Waals surface area contributed by atoms with Crippen molar-refractivity contribution in [1.82, 2.24) is 0 Å². The van der Waals surface area contributed by atoms with Gasteiger partial charge in [0.15, 0.2) is 5.76 Å². The number of carbonyl (C=O) groups excluding carboxylic acids is 1. The van der Waals surface area contributed by atoms with Gasteiger partial charge in [-0.1, -0.05) is 19.8 Å². The van der Waals surface area contributed by atoms with Crippen molar-refractivity contribution in [1.29, 1.82) is 0 Å². The third-order valence-corrected chi connectivity index (χ3v) is 9.60. The van der Waals surface area contributed by atoms with Gasteiger partial charge in [-0.3, -0.25) is 4.79 Å². The Balaban J connectivity index is 1.48. The van der Waals surface area contributed by atoms with Gasteiger partial charge in [-0.25, -0.2) is 0 Å². The van der Waals surface area contributed by atoms with Crippen LogP contribution >= 0.6 is 0 Å². The zero-order chi connectivity index (χ0) is 19.9. The van der Waals surface area contributed by atoms with Crippen molar-refractivity contribution in [3.05, 3.63) is 23.2 Å². The fraction of sp³-hybridized carbons (Fsp3) is 0.708. The maximum absolute atomic E-state index is 11.6. The minimum atomic E-state index is -0.943. The van der Waals surface area contributed by atoms with E-state index >= 15 is 0 Å². The molecule has 0 spiro atoms. The number of hydrogen-bond donors (Lipinski definition) is 2. The lowest BCUT2D eigenvalue weighted by Gasteiger charge is -2.60. The second kappa shape index (κ2) is 5.66. The molecule has 4 aliphatic carbocycles. The van der Waals surface area contributed by atoms with Gasteiger partial charge in [0.05, 0.1) is 0 Å². The Morgan fingerprint density at radius 3 is 2.71 bits per heavy atom. The molecule has 7 atom stereocenters. The highest BCUT2D eigenvalue weighted by atomic mass is 16.4. The molecule has 1 heterocycles. The van der Waals surface area contributed by atoms with Gasteiger partial charge in [0.2, 0.25) is 0 Å². The van der Waals surface area contributed by atoms with Gasteiger partial charge in [0.25, 0.3) is 5.91 Å². The first kappa shape index (κ1) is 18.3. The van der Waals surface area contributed by atoms with Crippen LogP contribution in [0.15, 0.2) is 10.5 Å². The van der Waals surface area contributed by atoms with Crippen LogP contribution in [0, 0.1) is 46.8 Å². The summed E-state index contributed by atoms with van der Waals surface area (Å²) in [5, 5.41) is 11.1. The van der Waals surface area contributed by atoms with Crippen LogP contribution in [0.2, 0.25) is 0 Å². The Bertz CT molecular complexity index is 881. The van der Waals surface area contributed by atoms with Crippen LogP contribution in [-0.4, -0.2) is 16.6 Å². The monoisotopic (exact) mass is 381 g/mol. The van der Waals surface area contributed by atoms with E-state index < -0.39 is 11.5 Å². The van der Waals surface area contributed by atoms with Crippen molar-refractivity contribution >= 4 is 5.91 Å². The van der Waals surface area contributed by atoms with E-state index in [2.05, 4.69) is 19.8 Å². The summed E-state index contributed by atoms with van der Waals surface area (Å²) in [4.78, 5) is 11.6. The smallest absolute Gasteiger partial charge is 0.284 e. The number of nitrogens with two attached hydrogens (primary N) is 1. The summed E-state index contributed by atoms with van der Waals surface area (Å²) in [7, 11) is 0. The lowest BCUT2D eigenvalue weighted by Crippen LogP contribution is -2.56. The SMILES string of the molecule is C#C[C@]1(O)CC[C@H]2[C@@H]3CC[C@H]4Cc5oc(C(N)=O)cc5C[C@]4(C)[C@H]3CC[C@@]21C. The highest BCUT2D eigenvalue weighted by Gasteiger charge is 2.64. The molecular weight excluding hydrogens is 350 g/mol. The standard InChI is InChI=1S/C24H31NO3/c1-4-24(27)10-8-18-16-6-5-15-12-19-14(11-20(28-19)21(25)26)13-22(15,2)17(16)7-9-23(18,24)3/h1,11,15-18,27H,5-10,12-13H2,2-3H3,(H2,25,26)/t15-,16+,17-,18-,22-,23-,24-/m0/s1. The first-order valence-electron chi connectivity index (χ1n) is 10.8. The van der Waals surface area contributed by atoms with Crippen molar-refractivity contribution in [2.24, 2.45) is 40.2 Å². The van der Waals surface area contributed by atoms with Crippen LogP contribution in [0.5, 0.6) is 0 Å². The van der Waals surface area contributed by atoms with E-state index in [9.17, 15) is 9.90 Å². The van der Waals surface area contributed by atoms with E-state index in [1.54, 1.807) is 0 Å². The summed E-state index contributed by atoms with van der Waals surface area (Å²) >= 11 is 0. The molecule has 0 aromatic carbocycles. The number of furan rings is 1. The molecule has 4 aliphatic rings. The second-order valence-corrected chi connectivity index (χ2v) is 10.5. The number of rotatable bonds is 1. The Morgan fingerprint density at radius 2 is 2.00 bits per heavy atom. The Labute approximate surface area is 167 Å². The maximum atomic E-state index is 11.6. The van der Waals surface area contributed by atoms with Crippen molar-refractivity contribution < 1.29 is 14.3 Å². The van der Waals surface area contributed by atoms with Gasteiger partial charge in [-0.2, -0.15) is 0 Å². The number of terminal acetylenes is 1. The van der Waals surface area contributed by atoms with Gasteiger partial charge in [-0.15, -0.1) is 6.42 Å². The van der Waals surface area contributed by atoms with Gasteiger partial charge in [-0.05, 0) is 85.7 Å². The van der Waals surface area contributed by atoms with E-state index in [0.717, 1.165) is 44.3 Å². The summed E-state index contributed by atoms with van der Waals surface area (Å²) < 4.78 is 5.80. The van der Waals surface area contributed by atoms with E-state index in [1.807, 2.05) is 6.07 Å². The molecule has 0 unspecified atom stereocenters. The van der Waals surface area contributed by atoms with Crippen LogP contribution in [0.4, 0.5) is 0 Å². The average molecular weight is 382 g/mol. The molecule has 0 radical (unpaired) electrons. The summed E-state index contributed by atoms with van der Waals surface area (Å²) in [5.41, 5.74) is 5.74. The zero-order valence-electron chi connectivity index (χ0n) is 17.0. The summed E-state index contributed by atoms with van der Waals surface area (Å²) in [6.07, 6.45) is 14.0. The molecule has 5 rings (SSSR count). The minimum Gasteiger partial charge on any atom is -0.456 e. The molecule has 1 aromatic heterocycles. The summed E-state index contributed by atoms with van der Waals surface area (Å²) in [6.45, 7) is 4.70. The zero-order valence-corrected chi connectivity index (χ0v) is 17.0. The topological polar surface area (TPSA) is 76.5 Å². The molecule has 3 fully saturated rings. The van der Waals surface area contributed by atoms with Crippen LogP contribution in [-0.2, 0) is 12.8 Å². The number of amides is 1. The van der Waals surface area contributed by atoms with Crippen molar-refractivity contribution in [2.75, 3.05) is 0 Å². The van der Waals surface area contributed by atoms with Crippen LogP contribution in [0.25, 0.3) is 0 Å². The molecule has 0 aliphatic heterocycles. The number of hydrogen-bond acceptors (Lipinski definition) is 3. The highest BCUT2D eigenvalue weighted by Crippen LogP contribution is 2.67. The van der Waals surface area contributed by atoms with Crippen molar-refractivity contribution in [2.45, 2.75) is 70.8 Å². The molecule has 1 aromatic rings. The molecule has 3 N–H and O–H groups in total. The minimum absolute atomic E-state index is 0.152. The van der Waals surface area contributed by atoms with Gasteiger partial charge in [0, 0.05) is 11.8 Å². The molecule has 1 amide bonds. The van der Waals surface area contributed by atoms with Gasteiger partial charge >= 0.3 is 0 Å².